The highest BCUT2D eigenvalue weighted by Gasteiger charge is 2.27. The zero-order valence-corrected chi connectivity index (χ0v) is 16.6. The van der Waals surface area contributed by atoms with Crippen LogP contribution in [0.1, 0.15) is 56.1 Å². The lowest BCUT2D eigenvalue weighted by Gasteiger charge is -2.26. The first-order valence-electron chi connectivity index (χ1n) is 10.3. The second-order valence-corrected chi connectivity index (χ2v) is 8.06. The second-order valence-electron chi connectivity index (χ2n) is 8.06. The highest BCUT2D eigenvalue weighted by atomic mass is 16.5. The summed E-state index contributed by atoms with van der Waals surface area (Å²) in [6, 6.07) is 5.87. The molecule has 1 aromatic carbocycles. The van der Waals surface area contributed by atoms with Crippen LogP contribution in [0.4, 0.5) is 5.69 Å². The minimum absolute atomic E-state index is 0.0611. The molecule has 5 nitrogen and oxygen atoms in total. The van der Waals surface area contributed by atoms with Gasteiger partial charge in [-0.2, -0.15) is 0 Å². The second kappa shape index (κ2) is 9.36. The van der Waals surface area contributed by atoms with E-state index in [9.17, 15) is 9.59 Å². The third kappa shape index (κ3) is 5.55. The van der Waals surface area contributed by atoms with Crippen molar-refractivity contribution in [3.8, 4) is 0 Å². The fourth-order valence-electron chi connectivity index (χ4n) is 4.13. The van der Waals surface area contributed by atoms with Gasteiger partial charge in [0.1, 0.15) is 0 Å². The minimum Gasteiger partial charge on any atom is -0.376 e. The standard InChI is InChI=1S/C22H32N2O3/c1-16-7-5-11-20(17(16)2)23-21(25)15-24(14-19-10-6-12-27-19)22(26)13-18-8-3-4-9-18/h5,7,11,18-19H,3-4,6,8-10,12-15H2,1-2H3,(H,23,25). The molecular weight excluding hydrogens is 340 g/mol. The van der Waals surface area contributed by atoms with Crippen LogP contribution >= 0.6 is 0 Å². The van der Waals surface area contributed by atoms with Gasteiger partial charge in [0.05, 0.1) is 12.6 Å². The molecule has 1 unspecified atom stereocenters. The first-order valence-corrected chi connectivity index (χ1v) is 10.3. The third-order valence-corrected chi connectivity index (χ3v) is 5.95. The average Bonchev–Trinajstić information content (AvgIpc) is 3.32. The normalized spacial score (nSPS) is 20.0. The molecule has 0 radical (unpaired) electrons. The van der Waals surface area contributed by atoms with Gasteiger partial charge in [0.15, 0.2) is 0 Å². The molecule has 1 atom stereocenters. The van der Waals surface area contributed by atoms with E-state index in [1.165, 1.54) is 12.8 Å². The van der Waals surface area contributed by atoms with E-state index in [-0.39, 0.29) is 24.5 Å². The fraction of sp³-hybridized carbons (Fsp3) is 0.636. The lowest BCUT2D eigenvalue weighted by Crippen LogP contribution is -2.42. The van der Waals surface area contributed by atoms with Crippen molar-refractivity contribution in [2.45, 2.75) is 64.9 Å². The maximum atomic E-state index is 12.9. The van der Waals surface area contributed by atoms with Gasteiger partial charge in [-0.15, -0.1) is 0 Å². The molecule has 27 heavy (non-hydrogen) atoms. The van der Waals surface area contributed by atoms with E-state index in [2.05, 4.69) is 5.32 Å². The zero-order chi connectivity index (χ0) is 19.2. The molecule has 1 saturated heterocycles. The Balaban J connectivity index is 1.62. The Kier molecular flexibility index (Phi) is 6.89. The fourth-order valence-corrected chi connectivity index (χ4v) is 4.13. The van der Waals surface area contributed by atoms with Gasteiger partial charge in [-0.1, -0.05) is 25.0 Å². The highest BCUT2D eigenvalue weighted by Crippen LogP contribution is 2.28. The maximum absolute atomic E-state index is 12.9. The molecule has 1 aromatic rings. The molecule has 1 heterocycles. The van der Waals surface area contributed by atoms with E-state index in [4.69, 9.17) is 4.74 Å². The van der Waals surface area contributed by atoms with Crippen LogP contribution in [-0.4, -0.2) is 42.5 Å². The predicted octanol–water partition coefficient (Wildman–Crippen LogP) is 3.83. The van der Waals surface area contributed by atoms with Crippen LogP contribution in [-0.2, 0) is 14.3 Å². The molecule has 2 fully saturated rings. The summed E-state index contributed by atoms with van der Waals surface area (Å²) in [6.45, 7) is 5.40. The molecule has 148 valence electrons. The largest absolute Gasteiger partial charge is 0.376 e. The summed E-state index contributed by atoms with van der Waals surface area (Å²) in [5, 5.41) is 2.98. The van der Waals surface area contributed by atoms with Crippen LogP contribution < -0.4 is 5.32 Å². The van der Waals surface area contributed by atoms with Crippen molar-refractivity contribution in [1.29, 1.82) is 0 Å². The van der Waals surface area contributed by atoms with Gasteiger partial charge in [-0.3, -0.25) is 9.59 Å². The van der Waals surface area contributed by atoms with E-state index in [1.54, 1.807) is 4.90 Å². The van der Waals surface area contributed by atoms with Gasteiger partial charge in [0, 0.05) is 25.3 Å². The van der Waals surface area contributed by atoms with Crippen molar-refractivity contribution in [3.05, 3.63) is 29.3 Å². The van der Waals surface area contributed by atoms with Crippen LogP contribution in [0.5, 0.6) is 0 Å². The summed E-state index contributed by atoms with van der Waals surface area (Å²) in [6.07, 6.45) is 7.32. The molecule has 0 aromatic heterocycles. The average molecular weight is 373 g/mol. The number of ether oxygens (including phenoxy) is 1. The SMILES string of the molecule is Cc1cccc(NC(=O)CN(CC2CCCO2)C(=O)CC2CCCC2)c1C. The Morgan fingerprint density at radius 2 is 1.93 bits per heavy atom. The van der Waals surface area contributed by atoms with Gasteiger partial charge >= 0.3 is 0 Å². The first-order chi connectivity index (χ1) is 13.0. The number of carbonyl (C=O) groups is 2. The number of aryl methyl sites for hydroxylation is 1. The molecule has 3 rings (SSSR count). The van der Waals surface area contributed by atoms with E-state index >= 15 is 0 Å². The summed E-state index contributed by atoms with van der Waals surface area (Å²) in [7, 11) is 0. The summed E-state index contributed by atoms with van der Waals surface area (Å²) >= 11 is 0. The summed E-state index contributed by atoms with van der Waals surface area (Å²) in [5.41, 5.74) is 3.02. The van der Waals surface area contributed by atoms with Gasteiger partial charge in [0.2, 0.25) is 11.8 Å². The Morgan fingerprint density at radius 3 is 2.63 bits per heavy atom. The number of nitrogens with one attached hydrogen (secondary N) is 1. The summed E-state index contributed by atoms with van der Waals surface area (Å²) in [5.74, 6) is 0.432. The van der Waals surface area contributed by atoms with Gasteiger partial charge < -0.3 is 15.0 Å². The maximum Gasteiger partial charge on any atom is 0.244 e. The van der Waals surface area contributed by atoms with E-state index in [0.29, 0.717) is 18.9 Å². The molecule has 0 spiro atoms. The number of anilines is 1. The summed E-state index contributed by atoms with van der Waals surface area (Å²) < 4.78 is 5.71. The Hall–Kier alpha value is -1.88. The number of benzene rings is 1. The lowest BCUT2D eigenvalue weighted by atomic mass is 10.0. The number of hydrogen-bond donors (Lipinski definition) is 1. The topological polar surface area (TPSA) is 58.6 Å². The molecule has 1 aliphatic heterocycles. The van der Waals surface area contributed by atoms with Crippen molar-refractivity contribution in [1.82, 2.24) is 4.90 Å². The number of carbonyl (C=O) groups excluding carboxylic acids is 2. The first kappa shape index (κ1) is 19.9. The van der Waals surface area contributed by atoms with Crippen molar-refractivity contribution >= 4 is 17.5 Å². The lowest BCUT2D eigenvalue weighted by molar-refractivity contribution is -0.137. The molecule has 1 N–H and O–H groups in total. The highest BCUT2D eigenvalue weighted by molar-refractivity contribution is 5.95. The molecule has 0 bridgehead atoms. The van der Waals surface area contributed by atoms with E-state index < -0.39 is 0 Å². The smallest absolute Gasteiger partial charge is 0.244 e. The summed E-state index contributed by atoms with van der Waals surface area (Å²) in [4.78, 5) is 27.3. The van der Waals surface area contributed by atoms with Crippen molar-refractivity contribution in [3.63, 3.8) is 0 Å². The van der Waals surface area contributed by atoms with Crippen molar-refractivity contribution in [2.24, 2.45) is 5.92 Å². The Bertz CT molecular complexity index is 662. The molecule has 1 aliphatic carbocycles. The molecular formula is C22H32N2O3. The number of rotatable bonds is 7. The number of amides is 2. The Labute approximate surface area is 162 Å². The van der Waals surface area contributed by atoms with E-state index in [1.807, 2.05) is 32.0 Å². The van der Waals surface area contributed by atoms with Gasteiger partial charge in [-0.25, -0.2) is 0 Å². The number of nitrogens with zero attached hydrogens (tertiary/aromatic N) is 1. The third-order valence-electron chi connectivity index (χ3n) is 5.95. The molecule has 1 saturated carbocycles. The van der Waals surface area contributed by atoms with Gasteiger partial charge in [0.25, 0.3) is 0 Å². The van der Waals surface area contributed by atoms with Crippen LogP contribution in [0.15, 0.2) is 18.2 Å². The quantitative estimate of drug-likeness (QED) is 0.791. The zero-order valence-electron chi connectivity index (χ0n) is 16.6. The number of hydrogen-bond acceptors (Lipinski definition) is 3. The minimum atomic E-state index is -0.138. The van der Waals surface area contributed by atoms with Crippen LogP contribution in [0.3, 0.4) is 0 Å². The van der Waals surface area contributed by atoms with E-state index in [0.717, 1.165) is 49.1 Å². The Morgan fingerprint density at radius 1 is 1.15 bits per heavy atom. The van der Waals surface area contributed by atoms with Crippen LogP contribution in [0.2, 0.25) is 0 Å². The van der Waals surface area contributed by atoms with Crippen LogP contribution in [0.25, 0.3) is 0 Å². The predicted molar refractivity (Wildman–Crippen MR) is 107 cm³/mol. The van der Waals surface area contributed by atoms with Crippen molar-refractivity contribution in [2.75, 3.05) is 25.0 Å². The monoisotopic (exact) mass is 372 g/mol. The molecule has 5 heteroatoms. The van der Waals surface area contributed by atoms with Crippen LogP contribution in [0, 0.1) is 19.8 Å². The van der Waals surface area contributed by atoms with Crippen molar-refractivity contribution < 1.29 is 14.3 Å². The van der Waals surface area contributed by atoms with Gasteiger partial charge in [-0.05, 0) is 62.6 Å². The molecule has 2 aliphatic rings. The molecule has 2 amide bonds.